The molecule has 5 nitrogen and oxygen atoms in total. The highest BCUT2D eigenvalue weighted by Crippen LogP contribution is 2.22. The molecule has 0 aliphatic carbocycles. The molecule has 2 heterocycles. The molecule has 5 heteroatoms. The van der Waals surface area contributed by atoms with Gasteiger partial charge >= 0.3 is 0 Å². The first-order valence-electron chi connectivity index (χ1n) is 8.16. The molecule has 1 saturated heterocycles. The summed E-state index contributed by atoms with van der Waals surface area (Å²) in [6.07, 6.45) is 3.81. The van der Waals surface area contributed by atoms with Crippen LogP contribution in [0.15, 0.2) is 24.4 Å². The van der Waals surface area contributed by atoms with Crippen molar-refractivity contribution in [2.75, 3.05) is 27.2 Å². The van der Waals surface area contributed by atoms with E-state index >= 15 is 0 Å². The number of aryl methyl sites for hydroxylation is 1. The molecule has 2 N–H and O–H groups in total. The lowest BCUT2D eigenvalue weighted by molar-refractivity contribution is -0.125. The third-order valence-corrected chi connectivity index (χ3v) is 4.84. The summed E-state index contributed by atoms with van der Waals surface area (Å²) in [6, 6.07) is 6.19. The summed E-state index contributed by atoms with van der Waals surface area (Å²) < 4.78 is 5.36. The summed E-state index contributed by atoms with van der Waals surface area (Å²) in [5, 5.41) is 4.35. The molecule has 0 spiro atoms. The number of rotatable bonds is 5. The van der Waals surface area contributed by atoms with Gasteiger partial charge in [0.1, 0.15) is 0 Å². The van der Waals surface area contributed by atoms with Gasteiger partial charge in [-0.05, 0) is 44.0 Å². The molecular weight excluding hydrogens is 290 g/mol. The van der Waals surface area contributed by atoms with Gasteiger partial charge in [-0.3, -0.25) is 9.69 Å². The monoisotopic (exact) mass is 315 g/mol. The highest BCUT2D eigenvalue weighted by molar-refractivity contribution is 5.86. The average molecular weight is 315 g/mol. The second-order valence-corrected chi connectivity index (χ2v) is 6.40. The number of nitrogens with one attached hydrogen (secondary N) is 2. The van der Waals surface area contributed by atoms with E-state index in [-0.39, 0.29) is 18.1 Å². The number of amides is 1. The molecule has 124 valence electrons. The SMILES string of the molecule is CO[C@H]1C[C@@H](C(=O)NCCc2c[nH]c3cccc(C)c23)N(C)C1. The summed E-state index contributed by atoms with van der Waals surface area (Å²) in [5.41, 5.74) is 3.68. The molecule has 2 aromatic rings. The number of ether oxygens (including phenoxy) is 1. The van der Waals surface area contributed by atoms with E-state index in [1.807, 2.05) is 13.2 Å². The Morgan fingerprint density at radius 3 is 3.04 bits per heavy atom. The van der Waals surface area contributed by atoms with Gasteiger partial charge in [0.05, 0.1) is 12.1 Å². The van der Waals surface area contributed by atoms with Gasteiger partial charge in [0.15, 0.2) is 0 Å². The minimum Gasteiger partial charge on any atom is -0.380 e. The maximum Gasteiger partial charge on any atom is 0.237 e. The minimum atomic E-state index is -0.0790. The van der Waals surface area contributed by atoms with Crippen LogP contribution in [0.3, 0.4) is 0 Å². The van der Waals surface area contributed by atoms with Crippen LogP contribution < -0.4 is 5.32 Å². The number of aromatic nitrogens is 1. The molecule has 1 fully saturated rings. The van der Waals surface area contributed by atoms with Crippen LogP contribution in [0.25, 0.3) is 10.9 Å². The average Bonchev–Trinajstić information content (AvgIpc) is 3.12. The summed E-state index contributed by atoms with van der Waals surface area (Å²) >= 11 is 0. The Labute approximate surface area is 137 Å². The van der Waals surface area contributed by atoms with Gasteiger partial charge in [0.2, 0.25) is 5.91 Å². The van der Waals surface area contributed by atoms with E-state index in [1.54, 1.807) is 7.11 Å². The molecule has 1 aromatic heterocycles. The Hall–Kier alpha value is -1.85. The molecule has 3 rings (SSSR count). The number of hydrogen-bond acceptors (Lipinski definition) is 3. The maximum atomic E-state index is 12.4. The normalized spacial score (nSPS) is 21.9. The van der Waals surface area contributed by atoms with Crippen molar-refractivity contribution in [2.24, 2.45) is 0 Å². The Kier molecular flexibility index (Phi) is 4.68. The number of benzene rings is 1. The Bertz CT molecular complexity index is 695. The summed E-state index contributed by atoms with van der Waals surface area (Å²) in [6.45, 7) is 3.59. The second kappa shape index (κ2) is 6.72. The van der Waals surface area contributed by atoms with Crippen LogP contribution in [-0.2, 0) is 16.0 Å². The number of H-pyrrole nitrogens is 1. The molecule has 0 unspecified atom stereocenters. The molecule has 1 aliphatic heterocycles. The minimum absolute atomic E-state index is 0.0790. The predicted molar refractivity (Wildman–Crippen MR) is 91.6 cm³/mol. The number of methoxy groups -OCH3 is 1. The molecule has 1 aromatic carbocycles. The van der Waals surface area contributed by atoms with E-state index in [4.69, 9.17) is 4.74 Å². The van der Waals surface area contributed by atoms with Gasteiger partial charge in [-0.15, -0.1) is 0 Å². The van der Waals surface area contributed by atoms with E-state index < -0.39 is 0 Å². The van der Waals surface area contributed by atoms with Crippen molar-refractivity contribution in [3.63, 3.8) is 0 Å². The van der Waals surface area contributed by atoms with Crippen molar-refractivity contribution in [3.8, 4) is 0 Å². The zero-order chi connectivity index (χ0) is 16.4. The fourth-order valence-electron chi connectivity index (χ4n) is 3.52. The van der Waals surface area contributed by atoms with Gasteiger partial charge in [-0.1, -0.05) is 12.1 Å². The van der Waals surface area contributed by atoms with Crippen LogP contribution in [-0.4, -0.2) is 55.2 Å². The highest BCUT2D eigenvalue weighted by atomic mass is 16.5. The number of nitrogens with zero attached hydrogens (tertiary/aromatic N) is 1. The largest absolute Gasteiger partial charge is 0.380 e. The molecule has 2 atom stereocenters. The summed E-state index contributed by atoms with van der Waals surface area (Å²) in [4.78, 5) is 17.7. The van der Waals surface area contributed by atoms with Gasteiger partial charge < -0.3 is 15.0 Å². The van der Waals surface area contributed by atoms with Crippen LogP contribution in [0.1, 0.15) is 17.5 Å². The lowest BCUT2D eigenvalue weighted by atomic mass is 10.1. The van der Waals surface area contributed by atoms with Crippen LogP contribution in [0.5, 0.6) is 0 Å². The fourth-order valence-corrected chi connectivity index (χ4v) is 3.52. The van der Waals surface area contributed by atoms with E-state index in [0.29, 0.717) is 6.54 Å². The van der Waals surface area contributed by atoms with E-state index in [1.165, 1.54) is 16.5 Å². The number of carbonyl (C=O) groups is 1. The first-order valence-corrected chi connectivity index (χ1v) is 8.16. The summed E-state index contributed by atoms with van der Waals surface area (Å²) in [5.74, 6) is 0.101. The van der Waals surface area contributed by atoms with Crippen LogP contribution in [0, 0.1) is 6.92 Å². The van der Waals surface area contributed by atoms with Crippen molar-refractivity contribution < 1.29 is 9.53 Å². The summed E-state index contributed by atoms with van der Waals surface area (Å²) in [7, 11) is 3.68. The van der Waals surface area contributed by atoms with Gasteiger partial charge in [0.25, 0.3) is 0 Å². The first-order chi connectivity index (χ1) is 11.1. The van der Waals surface area contributed by atoms with Crippen molar-refractivity contribution in [1.82, 2.24) is 15.2 Å². The number of fused-ring (bicyclic) bond motifs is 1. The van der Waals surface area contributed by atoms with Gasteiger partial charge in [-0.2, -0.15) is 0 Å². The lowest BCUT2D eigenvalue weighted by Gasteiger charge is -2.18. The number of likely N-dealkylation sites (N-methyl/N-ethyl adjacent to an activating group) is 1. The van der Waals surface area contributed by atoms with Crippen LogP contribution in [0.2, 0.25) is 0 Å². The Morgan fingerprint density at radius 2 is 2.30 bits per heavy atom. The molecule has 23 heavy (non-hydrogen) atoms. The topological polar surface area (TPSA) is 57.4 Å². The van der Waals surface area contributed by atoms with Gasteiger partial charge in [0, 0.05) is 37.3 Å². The van der Waals surface area contributed by atoms with Crippen molar-refractivity contribution in [3.05, 3.63) is 35.5 Å². The molecule has 0 bridgehead atoms. The predicted octanol–water partition coefficient (Wildman–Crippen LogP) is 1.85. The number of aromatic amines is 1. The highest BCUT2D eigenvalue weighted by Gasteiger charge is 2.34. The zero-order valence-electron chi connectivity index (χ0n) is 14.1. The fraction of sp³-hybridized carbons (Fsp3) is 0.500. The van der Waals surface area contributed by atoms with E-state index in [2.05, 4.69) is 40.3 Å². The number of hydrogen-bond donors (Lipinski definition) is 2. The quantitative estimate of drug-likeness (QED) is 0.885. The molecule has 0 radical (unpaired) electrons. The maximum absolute atomic E-state index is 12.4. The third-order valence-electron chi connectivity index (χ3n) is 4.84. The lowest BCUT2D eigenvalue weighted by Crippen LogP contribution is -2.42. The van der Waals surface area contributed by atoms with Crippen molar-refractivity contribution in [2.45, 2.75) is 31.9 Å². The molecule has 1 amide bonds. The molecular formula is C18H25N3O2. The second-order valence-electron chi connectivity index (χ2n) is 6.40. The Balaban J connectivity index is 1.58. The van der Waals surface area contributed by atoms with Crippen LogP contribution in [0.4, 0.5) is 0 Å². The van der Waals surface area contributed by atoms with Gasteiger partial charge in [-0.25, -0.2) is 0 Å². The van der Waals surface area contributed by atoms with Crippen LogP contribution >= 0.6 is 0 Å². The van der Waals surface area contributed by atoms with E-state index in [0.717, 1.165) is 24.9 Å². The van der Waals surface area contributed by atoms with Crippen molar-refractivity contribution in [1.29, 1.82) is 0 Å². The standard InChI is InChI=1S/C18H25N3O2/c1-12-5-4-6-15-17(12)13(10-20-15)7-8-19-18(22)16-9-14(23-3)11-21(16)2/h4-6,10,14,16,20H,7-9,11H2,1-3H3,(H,19,22)/t14-,16-/m0/s1. The van der Waals surface area contributed by atoms with Crippen molar-refractivity contribution >= 4 is 16.8 Å². The first kappa shape index (κ1) is 16.0. The third kappa shape index (κ3) is 3.26. The smallest absolute Gasteiger partial charge is 0.237 e. The Morgan fingerprint density at radius 1 is 1.48 bits per heavy atom. The number of carbonyl (C=O) groups excluding carboxylic acids is 1. The van der Waals surface area contributed by atoms with E-state index in [9.17, 15) is 4.79 Å². The zero-order valence-corrected chi connectivity index (χ0v) is 14.1. The number of likely N-dealkylation sites (tertiary alicyclic amines) is 1. The molecule has 1 aliphatic rings. The molecule has 0 saturated carbocycles.